The number of ether oxygens (including phenoxy) is 1. The second kappa shape index (κ2) is 7.61. The predicted octanol–water partition coefficient (Wildman–Crippen LogP) is 2.86. The van der Waals surface area contributed by atoms with E-state index in [9.17, 15) is 4.79 Å². The molecule has 0 radical (unpaired) electrons. The van der Waals surface area contributed by atoms with Crippen molar-refractivity contribution >= 4 is 17.4 Å². The van der Waals surface area contributed by atoms with Gasteiger partial charge in [0.1, 0.15) is 23.2 Å². The number of carbonyl (C=O) groups is 1. The number of methoxy groups -OCH3 is 1. The predicted molar refractivity (Wildman–Crippen MR) is 87.9 cm³/mol. The average Bonchev–Trinajstić information content (AvgIpc) is 2.57. The molecule has 116 valence electrons. The molecule has 0 spiro atoms. The number of hydrogen-bond donors (Lipinski definition) is 2. The van der Waals surface area contributed by atoms with Gasteiger partial charge in [-0.2, -0.15) is 5.26 Å². The van der Waals surface area contributed by atoms with Crippen molar-refractivity contribution < 1.29 is 9.53 Å². The van der Waals surface area contributed by atoms with E-state index < -0.39 is 5.91 Å². The van der Waals surface area contributed by atoms with Crippen molar-refractivity contribution in [1.29, 1.82) is 5.26 Å². The lowest BCUT2D eigenvalue weighted by Crippen LogP contribution is -2.14. The van der Waals surface area contributed by atoms with E-state index in [1.807, 2.05) is 25.1 Å². The van der Waals surface area contributed by atoms with E-state index in [1.54, 1.807) is 37.6 Å². The molecule has 1 amide bonds. The highest BCUT2D eigenvalue weighted by atomic mass is 16.5. The van der Waals surface area contributed by atoms with Crippen LogP contribution in [0.15, 0.2) is 54.4 Å². The summed E-state index contributed by atoms with van der Waals surface area (Å²) in [5.41, 5.74) is 1.44. The number of hydrogen-bond acceptors (Lipinski definition) is 5. The zero-order valence-electron chi connectivity index (χ0n) is 12.8. The molecule has 0 aliphatic carbocycles. The number of pyridine rings is 1. The molecule has 2 rings (SSSR count). The Kier molecular flexibility index (Phi) is 5.31. The van der Waals surface area contributed by atoms with E-state index in [0.717, 1.165) is 5.56 Å². The fourth-order valence-corrected chi connectivity index (χ4v) is 1.80. The minimum absolute atomic E-state index is 0.0501. The molecule has 2 aromatic rings. The number of amides is 1. The molecular weight excluding hydrogens is 292 g/mol. The Labute approximate surface area is 134 Å². The first-order valence-corrected chi connectivity index (χ1v) is 6.88. The smallest absolute Gasteiger partial charge is 0.267 e. The number of anilines is 2. The van der Waals surface area contributed by atoms with Crippen LogP contribution >= 0.6 is 0 Å². The summed E-state index contributed by atoms with van der Waals surface area (Å²) in [4.78, 5) is 16.2. The molecule has 0 aliphatic rings. The second-order valence-electron chi connectivity index (χ2n) is 4.67. The van der Waals surface area contributed by atoms with Gasteiger partial charge in [0.2, 0.25) is 0 Å². The lowest BCUT2D eigenvalue weighted by atomic mass is 10.2. The monoisotopic (exact) mass is 308 g/mol. The van der Waals surface area contributed by atoms with E-state index in [2.05, 4.69) is 15.6 Å². The third-order valence-electron chi connectivity index (χ3n) is 3.08. The maximum Gasteiger partial charge on any atom is 0.267 e. The van der Waals surface area contributed by atoms with E-state index >= 15 is 0 Å². The Morgan fingerprint density at radius 2 is 2.04 bits per heavy atom. The SMILES string of the molecule is COc1ccc(NC(=O)/C(C#N)=C\Nc2ncccc2C)cc1. The van der Waals surface area contributed by atoms with Crippen LogP contribution in [-0.2, 0) is 4.79 Å². The van der Waals surface area contributed by atoms with Crippen LogP contribution in [0, 0.1) is 18.3 Å². The van der Waals surface area contributed by atoms with Crippen molar-refractivity contribution in [3.63, 3.8) is 0 Å². The molecule has 0 bridgehead atoms. The molecule has 0 saturated carbocycles. The maximum absolute atomic E-state index is 12.1. The average molecular weight is 308 g/mol. The first-order valence-electron chi connectivity index (χ1n) is 6.88. The zero-order chi connectivity index (χ0) is 16.7. The van der Waals surface area contributed by atoms with Gasteiger partial charge >= 0.3 is 0 Å². The largest absolute Gasteiger partial charge is 0.497 e. The third-order valence-corrected chi connectivity index (χ3v) is 3.08. The van der Waals surface area contributed by atoms with Crippen LogP contribution in [0.3, 0.4) is 0 Å². The second-order valence-corrected chi connectivity index (χ2v) is 4.67. The van der Waals surface area contributed by atoms with Crippen LogP contribution < -0.4 is 15.4 Å². The van der Waals surface area contributed by atoms with Gasteiger partial charge < -0.3 is 15.4 Å². The summed E-state index contributed by atoms with van der Waals surface area (Å²) < 4.78 is 5.05. The molecule has 6 heteroatoms. The number of carbonyl (C=O) groups excluding carboxylic acids is 1. The summed E-state index contributed by atoms with van der Waals surface area (Å²) >= 11 is 0. The number of aromatic nitrogens is 1. The highest BCUT2D eigenvalue weighted by Crippen LogP contribution is 2.16. The van der Waals surface area contributed by atoms with Crippen molar-refractivity contribution in [2.75, 3.05) is 17.7 Å². The van der Waals surface area contributed by atoms with Gasteiger partial charge in [0.25, 0.3) is 5.91 Å². The Hall–Kier alpha value is -3.33. The minimum atomic E-state index is -0.501. The molecule has 6 nitrogen and oxygen atoms in total. The number of rotatable bonds is 5. The highest BCUT2D eigenvalue weighted by molar-refractivity contribution is 6.06. The number of nitriles is 1. The van der Waals surface area contributed by atoms with Gasteiger partial charge in [-0.1, -0.05) is 6.07 Å². The summed E-state index contributed by atoms with van der Waals surface area (Å²) in [6, 6.07) is 12.4. The topological polar surface area (TPSA) is 87.0 Å². The van der Waals surface area contributed by atoms with Crippen LogP contribution in [0.1, 0.15) is 5.56 Å². The lowest BCUT2D eigenvalue weighted by Gasteiger charge is -2.07. The van der Waals surface area contributed by atoms with Gasteiger partial charge in [0, 0.05) is 18.1 Å². The van der Waals surface area contributed by atoms with Crippen LogP contribution in [0.25, 0.3) is 0 Å². The third kappa shape index (κ3) is 4.32. The van der Waals surface area contributed by atoms with Gasteiger partial charge in [-0.25, -0.2) is 4.98 Å². The molecule has 1 heterocycles. The van der Waals surface area contributed by atoms with Gasteiger partial charge in [-0.05, 0) is 42.8 Å². The van der Waals surface area contributed by atoms with E-state index in [-0.39, 0.29) is 5.57 Å². The van der Waals surface area contributed by atoms with Crippen molar-refractivity contribution in [2.45, 2.75) is 6.92 Å². The van der Waals surface area contributed by atoms with E-state index in [1.165, 1.54) is 6.20 Å². The number of nitrogens with one attached hydrogen (secondary N) is 2. The quantitative estimate of drug-likeness (QED) is 0.655. The molecule has 0 fully saturated rings. The van der Waals surface area contributed by atoms with Crippen LogP contribution in [0.5, 0.6) is 5.75 Å². The maximum atomic E-state index is 12.1. The standard InChI is InChI=1S/C17H16N4O2/c1-12-4-3-9-19-16(12)20-11-13(10-18)17(22)21-14-5-7-15(23-2)8-6-14/h3-9,11H,1-2H3,(H,19,20)(H,21,22)/b13-11-. The number of benzene rings is 1. The molecule has 1 aromatic carbocycles. The molecule has 0 unspecified atom stereocenters. The number of nitrogens with zero attached hydrogens (tertiary/aromatic N) is 2. The lowest BCUT2D eigenvalue weighted by molar-refractivity contribution is -0.112. The molecule has 0 atom stereocenters. The summed E-state index contributed by atoms with van der Waals surface area (Å²) in [6.07, 6.45) is 2.97. The first kappa shape index (κ1) is 16.0. The van der Waals surface area contributed by atoms with E-state index in [0.29, 0.717) is 17.3 Å². The zero-order valence-corrected chi connectivity index (χ0v) is 12.8. The van der Waals surface area contributed by atoms with Gasteiger partial charge in [-0.15, -0.1) is 0 Å². The Bertz CT molecular complexity index is 761. The summed E-state index contributed by atoms with van der Waals surface area (Å²) in [5.74, 6) is 0.780. The van der Waals surface area contributed by atoms with Crippen LogP contribution in [-0.4, -0.2) is 18.0 Å². The van der Waals surface area contributed by atoms with Gasteiger partial charge in [0.05, 0.1) is 7.11 Å². The summed E-state index contributed by atoms with van der Waals surface area (Å²) in [7, 11) is 1.56. The summed E-state index contributed by atoms with van der Waals surface area (Å²) in [6.45, 7) is 1.88. The van der Waals surface area contributed by atoms with Crippen molar-refractivity contribution in [3.8, 4) is 11.8 Å². The van der Waals surface area contributed by atoms with Crippen molar-refractivity contribution in [3.05, 3.63) is 59.9 Å². The highest BCUT2D eigenvalue weighted by Gasteiger charge is 2.09. The van der Waals surface area contributed by atoms with E-state index in [4.69, 9.17) is 10.00 Å². The number of aryl methyl sites for hydroxylation is 1. The molecular formula is C17H16N4O2. The molecule has 2 N–H and O–H groups in total. The summed E-state index contributed by atoms with van der Waals surface area (Å²) in [5, 5.41) is 14.7. The van der Waals surface area contributed by atoms with Crippen molar-refractivity contribution in [1.82, 2.24) is 4.98 Å². The molecule has 0 aliphatic heterocycles. The van der Waals surface area contributed by atoms with Crippen LogP contribution in [0.2, 0.25) is 0 Å². The normalized spacial score (nSPS) is 10.6. The van der Waals surface area contributed by atoms with Crippen molar-refractivity contribution in [2.24, 2.45) is 0 Å². The minimum Gasteiger partial charge on any atom is -0.497 e. The fourth-order valence-electron chi connectivity index (χ4n) is 1.80. The molecule has 0 saturated heterocycles. The first-order chi connectivity index (χ1) is 11.1. The molecule has 23 heavy (non-hydrogen) atoms. The molecule has 1 aromatic heterocycles. The Morgan fingerprint density at radius 3 is 2.65 bits per heavy atom. The van der Waals surface area contributed by atoms with Crippen LogP contribution in [0.4, 0.5) is 11.5 Å². The fraction of sp³-hybridized carbons (Fsp3) is 0.118. The Morgan fingerprint density at radius 1 is 1.30 bits per heavy atom. The van der Waals surface area contributed by atoms with Gasteiger partial charge in [0.15, 0.2) is 0 Å². The Balaban J connectivity index is 2.07. The van der Waals surface area contributed by atoms with Gasteiger partial charge in [-0.3, -0.25) is 4.79 Å².